The predicted octanol–water partition coefficient (Wildman–Crippen LogP) is 0.526. The van der Waals surface area contributed by atoms with Crippen molar-refractivity contribution in [2.45, 2.75) is 39.3 Å². The summed E-state index contributed by atoms with van der Waals surface area (Å²) in [5, 5.41) is 14.5. The largest absolute Gasteiger partial charge is 0.409 e. The fourth-order valence-electron chi connectivity index (χ4n) is 1.03. The van der Waals surface area contributed by atoms with Crippen LogP contribution in [0.3, 0.4) is 0 Å². The molecule has 0 aromatic rings. The van der Waals surface area contributed by atoms with E-state index in [0.717, 1.165) is 0 Å². The Balaban J connectivity index is 3.93. The van der Waals surface area contributed by atoms with Gasteiger partial charge in [0.1, 0.15) is 0 Å². The summed E-state index contributed by atoms with van der Waals surface area (Å²) in [6.45, 7) is 9.08. The van der Waals surface area contributed by atoms with Gasteiger partial charge in [-0.1, -0.05) is 5.16 Å². The number of oxime groups is 1. The lowest BCUT2D eigenvalue weighted by atomic mass is 10.1. The summed E-state index contributed by atoms with van der Waals surface area (Å²) >= 11 is 0. The molecule has 0 saturated carbocycles. The average Bonchev–Trinajstić information content (AvgIpc) is 2.13. The molecule has 1 unspecified atom stereocenters. The van der Waals surface area contributed by atoms with Crippen LogP contribution in [0.2, 0.25) is 0 Å². The molecule has 0 aliphatic carbocycles. The minimum Gasteiger partial charge on any atom is -0.409 e. The molecule has 0 rings (SSSR count). The molecule has 0 heterocycles. The van der Waals surface area contributed by atoms with Crippen molar-refractivity contribution >= 4 is 5.84 Å². The molecule has 14 heavy (non-hydrogen) atoms. The van der Waals surface area contributed by atoms with Crippen molar-refractivity contribution in [3.63, 3.8) is 0 Å². The first-order valence-electron chi connectivity index (χ1n) is 4.77. The molecule has 84 valence electrons. The van der Waals surface area contributed by atoms with Gasteiger partial charge in [-0.05, 0) is 27.7 Å². The van der Waals surface area contributed by atoms with Crippen LogP contribution in [-0.2, 0) is 4.74 Å². The lowest BCUT2D eigenvalue weighted by Crippen LogP contribution is -2.46. The van der Waals surface area contributed by atoms with E-state index >= 15 is 0 Å². The van der Waals surface area contributed by atoms with Crippen LogP contribution in [0.25, 0.3) is 0 Å². The third-order valence-corrected chi connectivity index (χ3v) is 1.93. The van der Waals surface area contributed by atoms with E-state index in [9.17, 15) is 0 Å². The van der Waals surface area contributed by atoms with E-state index in [-0.39, 0.29) is 17.5 Å². The van der Waals surface area contributed by atoms with E-state index in [1.807, 2.05) is 27.7 Å². The smallest absolute Gasteiger partial charge is 0.156 e. The maximum atomic E-state index is 8.43. The molecule has 0 aromatic carbocycles. The lowest BCUT2D eigenvalue weighted by molar-refractivity contribution is -0.00925. The molecule has 0 saturated heterocycles. The monoisotopic (exact) mass is 203 g/mol. The Morgan fingerprint density at radius 3 is 2.64 bits per heavy atom. The molecular formula is C9H21N3O2. The lowest BCUT2D eigenvalue weighted by Gasteiger charge is -2.26. The van der Waals surface area contributed by atoms with E-state index in [2.05, 4.69) is 10.5 Å². The Hall–Kier alpha value is -0.810. The molecule has 0 aliphatic heterocycles. The number of nitrogens with one attached hydrogen (secondary N) is 1. The Morgan fingerprint density at radius 2 is 2.21 bits per heavy atom. The predicted molar refractivity (Wildman–Crippen MR) is 56.6 cm³/mol. The Morgan fingerprint density at radius 1 is 1.64 bits per heavy atom. The third kappa shape index (κ3) is 5.04. The molecule has 0 spiro atoms. The standard InChI is InChI=1S/C9H21N3O2/c1-5-14-9(3,4)6-11-7(2)8(10)12-13/h7,11,13H,5-6H2,1-4H3,(H2,10,12). The van der Waals surface area contributed by atoms with Gasteiger partial charge in [-0.2, -0.15) is 0 Å². The Kier molecular flexibility index (Phi) is 5.49. The molecule has 0 aliphatic rings. The topological polar surface area (TPSA) is 79.9 Å². The first kappa shape index (κ1) is 13.2. The summed E-state index contributed by atoms with van der Waals surface area (Å²) in [5.41, 5.74) is 5.18. The summed E-state index contributed by atoms with van der Waals surface area (Å²) < 4.78 is 5.49. The number of ether oxygens (including phenoxy) is 1. The van der Waals surface area contributed by atoms with Gasteiger partial charge in [-0.25, -0.2) is 0 Å². The fraction of sp³-hybridized carbons (Fsp3) is 0.889. The van der Waals surface area contributed by atoms with Crippen molar-refractivity contribution in [1.29, 1.82) is 0 Å². The Bertz CT molecular complexity index is 192. The minimum atomic E-state index is -0.237. The molecule has 0 amide bonds. The van der Waals surface area contributed by atoms with Crippen molar-refractivity contribution in [2.24, 2.45) is 10.9 Å². The van der Waals surface area contributed by atoms with Crippen LogP contribution in [0.15, 0.2) is 5.16 Å². The zero-order valence-corrected chi connectivity index (χ0v) is 9.37. The normalized spacial score (nSPS) is 15.6. The number of hydrogen-bond donors (Lipinski definition) is 3. The van der Waals surface area contributed by atoms with Crippen molar-refractivity contribution in [2.75, 3.05) is 13.2 Å². The molecule has 1 atom stereocenters. The fourth-order valence-corrected chi connectivity index (χ4v) is 1.03. The van der Waals surface area contributed by atoms with Crippen LogP contribution in [0, 0.1) is 0 Å². The highest BCUT2D eigenvalue weighted by molar-refractivity contribution is 5.84. The molecule has 0 fully saturated rings. The summed E-state index contributed by atoms with van der Waals surface area (Å²) in [6.07, 6.45) is 0. The van der Waals surface area contributed by atoms with E-state index in [1.54, 1.807) is 0 Å². The van der Waals surface area contributed by atoms with Crippen molar-refractivity contribution in [3.05, 3.63) is 0 Å². The highest BCUT2D eigenvalue weighted by Crippen LogP contribution is 2.07. The van der Waals surface area contributed by atoms with Gasteiger partial charge in [-0.15, -0.1) is 0 Å². The highest BCUT2D eigenvalue weighted by atomic mass is 16.5. The van der Waals surface area contributed by atoms with Crippen LogP contribution in [0.4, 0.5) is 0 Å². The minimum absolute atomic E-state index is 0.153. The van der Waals surface area contributed by atoms with Crippen LogP contribution in [0.1, 0.15) is 27.7 Å². The first-order chi connectivity index (χ1) is 6.43. The van der Waals surface area contributed by atoms with Gasteiger partial charge >= 0.3 is 0 Å². The summed E-state index contributed by atoms with van der Waals surface area (Å²) in [5.74, 6) is 0.178. The van der Waals surface area contributed by atoms with Gasteiger partial charge < -0.3 is 21.0 Å². The van der Waals surface area contributed by atoms with Crippen LogP contribution < -0.4 is 11.1 Å². The number of nitrogens with zero attached hydrogens (tertiary/aromatic N) is 1. The molecule has 0 aromatic heterocycles. The highest BCUT2D eigenvalue weighted by Gasteiger charge is 2.19. The summed E-state index contributed by atoms with van der Waals surface area (Å²) in [7, 11) is 0. The second kappa shape index (κ2) is 5.82. The molecule has 4 N–H and O–H groups in total. The second-order valence-corrected chi connectivity index (χ2v) is 3.82. The number of nitrogens with two attached hydrogens (primary N) is 1. The van der Waals surface area contributed by atoms with E-state index in [1.165, 1.54) is 0 Å². The zero-order chi connectivity index (χ0) is 11.2. The van der Waals surface area contributed by atoms with Gasteiger partial charge in [0, 0.05) is 13.2 Å². The second-order valence-electron chi connectivity index (χ2n) is 3.82. The SMILES string of the molecule is CCOC(C)(C)CNC(C)C(N)=NO. The molecular weight excluding hydrogens is 182 g/mol. The number of hydrogen-bond acceptors (Lipinski definition) is 4. The van der Waals surface area contributed by atoms with Crippen molar-refractivity contribution < 1.29 is 9.94 Å². The van der Waals surface area contributed by atoms with E-state index in [4.69, 9.17) is 15.7 Å². The van der Waals surface area contributed by atoms with Crippen LogP contribution in [0.5, 0.6) is 0 Å². The van der Waals surface area contributed by atoms with Gasteiger partial charge in [0.25, 0.3) is 0 Å². The van der Waals surface area contributed by atoms with Crippen molar-refractivity contribution in [1.82, 2.24) is 5.32 Å². The van der Waals surface area contributed by atoms with Crippen LogP contribution in [-0.4, -0.2) is 35.8 Å². The maximum absolute atomic E-state index is 8.43. The Labute approximate surface area is 85.3 Å². The van der Waals surface area contributed by atoms with Gasteiger partial charge in [-0.3, -0.25) is 0 Å². The zero-order valence-electron chi connectivity index (χ0n) is 9.37. The average molecular weight is 203 g/mol. The van der Waals surface area contributed by atoms with Gasteiger partial charge in [0.05, 0.1) is 11.6 Å². The summed E-state index contributed by atoms with van der Waals surface area (Å²) in [6, 6.07) is -0.153. The van der Waals surface area contributed by atoms with Crippen LogP contribution >= 0.6 is 0 Å². The molecule has 0 bridgehead atoms. The van der Waals surface area contributed by atoms with Crippen molar-refractivity contribution in [3.8, 4) is 0 Å². The van der Waals surface area contributed by atoms with E-state index in [0.29, 0.717) is 13.2 Å². The maximum Gasteiger partial charge on any atom is 0.156 e. The first-order valence-corrected chi connectivity index (χ1v) is 4.77. The molecule has 0 radical (unpaired) electrons. The molecule has 5 heteroatoms. The number of rotatable bonds is 6. The summed E-state index contributed by atoms with van der Waals surface area (Å²) in [4.78, 5) is 0. The van der Waals surface area contributed by atoms with Gasteiger partial charge in [0.2, 0.25) is 0 Å². The molecule has 5 nitrogen and oxygen atoms in total. The van der Waals surface area contributed by atoms with E-state index < -0.39 is 0 Å². The third-order valence-electron chi connectivity index (χ3n) is 1.93. The quantitative estimate of drug-likeness (QED) is 0.254. The van der Waals surface area contributed by atoms with Gasteiger partial charge in [0.15, 0.2) is 5.84 Å². The number of amidine groups is 1.